The molecule has 35 heavy (non-hydrogen) atoms. The molecule has 2 fully saturated rings. The normalized spacial score (nSPS) is 19.0. The molecule has 4 rings (SSSR count). The summed E-state index contributed by atoms with van der Waals surface area (Å²) in [4.78, 5) is 39.6. The van der Waals surface area contributed by atoms with Crippen LogP contribution in [0, 0.1) is 11.7 Å². The Labute approximate surface area is 204 Å². The largest absolute Gasteiger partial charge is 0.462 e. The number of esters is 1. The van der Waals surface area contributed by atoms with Gasteiger partial charge in [0, 0.05) is 30.6 Å². The summed E-state index contributed by atoms with van der Waals surface area (Å²) in [6.07, 6.45) is 2.00. The molecule has 2 aromatic rings. The first-order valence-electron chi connectivity index (χ1n) is 12.3. The van der Waals surface area contributed by atoms with Gasteiger partial charge in [0.2, 0.25) is 0 Å². The van der Waals surface area contributed by atoms with Gasteiger partial charge in [-0.25, -0.2) is 14.0 Å². The number of hydrogen-bond acceptors (Lipinski definition) is 6. The van der Waals surface area contributed by atoms with E-state index in [2.05, 4.69) is 5.32 Å². The van der Waals surface area contributed by atoms with E-state index < -0.39 is 29.0 Å². The first-order chi connectivity index (χ1) is 16.5. The lowest BCUT2D eigenvalue weighted by Crippen LogP contribution is -2.42. The van der Waals surface area contributed by atoms with Crippen molar-refractivity contribution in [1.82, 2.24) is 9.88 Å². The number of pyridine rings is 1. The number of rotatable bonds is 6. The van der Waals surface area contributed by atoms with E-state index in [1.165, 1.54) is 12.1 Å². The molecule has 0 radical (unpaired) electrons. The molecule has 2 atom stereocenters. The van der Waals surface area contributed by atoms with Crippen LogP contribution in [0.4, 0.5) is 14.9 Å². The zero-order valence-electron chi connectivity index (χ0n) is 21.0. The first kappa shape index (κ1) is 25.0. The van der Waals surface area contributed by atoms with Gasteiger partial charge in [0.1, 0.15) is 17.0 Å². The van der Waals surface area contributed by atoms with E-state index in [0.717, 1.165) is 19.3 Å². The third kappa shape index (κ3) is 5.44. The maximum Gasteiger partial charge on any atom is 0.407 e. The number of fused-ring (bicyclic) bond motifs is 1. The first-order valence-corrected chi connectivity index (χ1v) is 12.3. The highest BCUT2D eigenvalue weighted by Crippen LogP contribution is 2.38. The molecule has 190 valence electrons. The van der Waals surface area contributed by atoms with Gasteiger partial charge in [-0.15, -0.1) is 0 Å². The van der Waals surface area contributed by atoms with Crippen LogP contribution >= 0.6 is 0 Å². The molecule has 2 heterocycles. The van der Waals surface area contributed by atoms with Crippen LogP contribution < -0.4 is 15.8 Å². The van der Waals surface area contributed by atoms with Crippen molar-refractivity contribution >= 4 is 28.7 Å². The van der Waals surface area contributed by atoms with Gasteiger partial charge < -0.3 is 24.3 Å². The summed E-state index contributed by atoms with van der Waals surface area (Å²) in [7, 11) is 0. The Kier molecular flexibility index (Phi) is 6.79. The average Bonchev–Trinajstić information content (AvgIpc) is 3.46. The van der Waals surface area contributed by atoms with Crippen molar-refractivity contribution in [3.63, 3.8) is 0 Å². The van der Waals surface area contributed by atoms with Crippen LogP contribution in [0.25, 0.3) is 10.9 Å². The molecule has 9 heteroatoms. The lowest BCUT2D eigenvalue weighted by Gasteiger charge is -2.25. The fraction of sp³-hybridized carbons (Fsp3) is 0.577. The molecule has 1 aromatic carbocycles. The van der Waals surface area contributed by atoms with Crippen molar-refractivity contribution in [1.29, 1.82) is 0 Å². The molecule has 0 spiro atoms. The molecule has 1 aliphatic heterocycles. The van der Waals surface area contributed by atoms with Crippen LogP contribution in [0.2, 0.25) is 0 Å². The fourth-order valence-corrected chi connectivity index (χ4v) is 4.67. The van der Waals surface area contributed by atoms with Crippen molar-refractivity contribution in [2.24, 2.45) is 5.92 Å². The summed E-state index contributed by atoms with van der Waals surface area (Å²) in [6, 6.07) is 4.40. The number of nitrogens with one attached hydrogen (secondary N) is 1. The molecular weight excluding hydrogens is 453 g/mol. The molecule has 1 aliphatic carbocycles. The van der Waals surface area contributed by atoms with Crippen molar-refractivity contribution in [3.05, 3.63) is 39.9 Å². The zero-order chi connectivity index (χ0) is 25.5. The van der Waals surface area contributed by atoms with E-state index in [9.17, 15) is 14.4 Å². The number of amides is 1. The monoisotopic (exact) mass is 487 g/mol. The Bertz CT molecular complexity index is 1200. The third-order valence-corrected chi connectivity index (χ3v) is 6.53. The number of alkyl carbamates (subject to hydrolysis) is 1. The highest BCUT2D eigenvalue weighted by molar-refractivity contribution is 5.94. The number of halogens is 1. The lowest BCUT2D eigenvalue weighted by molar-refractivity contribution is 0.0491. The number of anilines is 1. The molecule has 0 unspecified atom stereocenters. The summed E-state index contributed by atoms with van der Waals surface area (Å²) in [5, 5.41) is 3.39. The molecule has 1 aromatic heterocycles. The van der Waals surface area contributed by atoms with Gasteiger partial charge in [0.15, 0.2) is 0 Å². The van der Waals surface area contributed by atoms with Gasteiger partial charge >= 0.3 is 12.1 Å². The second kappa shape index (κ2) is 9.51. The van der Waals surface area contributed by atoms with Crippen LogP contribution in [0.15, 0.2) is 23.0 Å². The summed E-state index contributed by atoms with van der Waals surface area (Å²) in [5.74, 6) is -0.983. The molecule has 1 saturated carbocycles. The van der Waals surface area contributed by atoms with Crippen LogP contribution in [0.1, 0.15) is 70.3 Å². The molecule has 1 saturated heterocycles. The highest BCUT2D eigenvalue weighted by Gasteiger charge is 2.32. The average molecular weight is 488 g/mol. The molecule has 2 aliphatic rings. The number of benzene rings is 1. The van der Waals surface area contributed by atoms with Gasteiger partial charge in [-0.2, -0.15) is 0 Å². The summed E-state index contributed by atoms with van der Waals surface area (Å²) >= 11 is 0. The number of carbonyl (C=O) groups is 2. The van der Waals surface area contributed by atoms with Crippen LogP contribution in [-0.4, -0.2) is 48.0 Å². The maximum absolute atomic E-state index is 15.3. The molecule has 8 nitrogen and oxygen atoms in total. The van der Waals surface area contributed by atoms with E-state index in [-0.39, 0.29) is 30.2 Å². The summed E-state index contributed by atoms with van der Waals surface area (Å²) in [6.45, 7) is 10.4. The minimum atomic E-state index is -0.688. The predicted molar refractivity (Wildman–Crippen MR) is 132 cm³/mol. The second-order valence-corrected chi connectivity index (χ2v) is 10.5. The summed E-state index contributed by atoms with van der Waals surface area (Å²) < 4.78 is 27.3. The summed E-state index contributed by atoms with van der Waals surface area (Å²) in [5.41, 5.74) is -0.0100. The lowest BCUT2D eigenvalue weighted by atomic mass is 10.0. The van der Waals surface area contributed by atoms with Gasteiger partial charge in [0.25, 0.3) is 5.56 Å². The molecule has 0 bridgehead atoms. The van der Waals surface area contributed by atoms with E-state index in [4.69, 9.17) is 9.47 Å². The fourth-order valence-electron chi connectivity index (χ4n) is 4.67. The minimum Gasteiger partial charge on any atom is -0.462 e. The van der Waals surface area contributed by atoms with Crippen molar-refractivity contribution in [2.75, 3.05) is 24.6 Å². The standard InChI is InChI=1S/C26H34FN3O5/c1-6-34-24(32)19-11-17-12-20(27)22(13-21(17)30(23(19)31)18-7-8-18)29-10-9-16(14-29)15(2)28-25(33)35-26(3,4)5/h11-13,15-16,18H,6-10,14H2,1-5H3,(H,28,33)/t15-,16+/m0/s1. The van der Waals surface area contributed by atoms with Crippen LogP contribution in [-0.2, 0) is 9.47 Å². The Hall–Kier alpha value is -3.10. The third-order valence-electron chi connectivity index (χ3n) is 6.53. The van der Waals surface area contributed by atoms with Gasteiger partial charge in [-0.05, 0) is 78.0 Å². The van der Waals surface area contributed by atoms with E-state index >= 15 is 4.39 Å². The molecular formula is C26H34FN3O5. The zero-order valence-corrected chi connectivity index (χ0v) is 21.0. The van der Waals surface area contributed by atoms with Crippen molar-refractivity contribution < 1.29 is 23.5 Å². The Morgan fingerprint density at radius 2 is 1.91 bits per heavy atom. The van der Waals surface area contributed by atoms with Gasteiger partial charge in [-0.1, -0.05) is 0 Å². The number of hydrogen-bond donors (Lipinski definition) is 1. The van der Waals surface area contributed by atoms with Crippen molar-refractivity contribution in [2.45, 2.75) is 71.6 Å². The predicted octanol–water partition coefficient (Wildman–Crippen LogP) is 4.39. The van der Waals surface area contributed by atoms with E-state index in [1.54, 1.807) is 17.6 Å². The van der Waals surface area contributed by atoms with Crippen LogP contribution in [0.3, 0.4) is 0 Å². The van der Waals surface area contributed by atoms with Gasteiger partial charge in [0.05, 0.1) is 17.8 Å². The van der Waals surface area contributed by atoms with Gasteiger partial charge in [-0.3, -0.25) is 4.79 Å². The van der Waals surface area contributed by atoms with Crippen molar-refractivity contribution in [3.8, 4) is 0 Å². The topological polar surface area (TPSA) is 89.9 Å². The van der Waals surface area contributed by atoms with E-state index in [1.807, 2.05) is 32.6 Å². The SMILES string of the molecule is CCOC(=O)c1cc2cc(F)c(N3CC[C@@H]([C@H](C)NC(=O)OC(C)(C)C)C3)cc2n(C2CC2)c1=O. The Morgan fingerprint density at radius 3 is 2.54 bits per heavy atom. The smallest absolute Gasteiger partial charge is 0.407 e. The molecule has 1 N–H and O–H groups in total. The Balaban J connectivity index is 1.60. The number of ether oxygens (including phenoxy) is 2. The second-order valence-electron chi connectivity index (χ2n) is 10.5. The Morgan fingerprint density at radius 1 is 1.20 bits per heavy atom. The quantitative estimate of drug-likeness (QED) is 0.608. The van der Waals surface area contributed by atoms with Crippen LogP contribution in [0.5, 0.6) is 0 Å². The molecule has 1 amide bonds. The maximum atomic E-state index is 15.3. The highest BCUT2D eigenvalue weighted by atomic mass is 19.1. The minimum absolute atomic E-state index is 0.00191. The number of nitrogens with zero attached hydrogens (tertiary/aromatic N) is 2. The number of aromatic nitrogens is 1. The number of carbonyl (C=O) groups excluding carboxylic acids is 2. The van der Waals surface area contributed by atoms with E-state index in [0.29, 0.717) is 29.7 Å².